The summed E-state index contributed by atoms with van der Waals surface area (Å²) in [5.41, 5.74) is -0.510. The molecular weight excluding hydrogens is 244 g/mol. The van der Waals surface area contributed by atoms with Crippen LogP contribution >= 0.6 is 0 Å². The molecule has 6 heteroatoms. The first kappa shape index (κ1) is 17.7. The second kappa shape index (κ2) is 9.61. The van der Waals surface area contributed by atoms with Gasteiger partial charge in [-0.2, -0.15) is 0 Å². The first-order valence-electron chi connectivity index (χ1n) is 6.71. The van der Waals surface area contributed by atoms with Crippen LogP contribution in [0.15, 0.2) is 4.99 Å². The van der Waals surface area contributed by atoms with Crippen LogP contribution in [-0.4, -0.2) is 52.3 Å². The molecule has 0 aromatic heterocycles. The molecule has 0 unspecified atom stereocenters. The van der Waals surface area contributed by atoms with Gasteiger partial charge < -0.3 is 20.7 Å². The lowest BCUT2D eigenvalue weighted by Gasteiger charge is -2.21. The largest absolute Gasteiger partial charge is 0.385 e. The second-order valence-electron chi connectivity index (χ2n) is 4.93. The van der Waals surface area contributed by atoms with Crippen LogP contribution < -0.4 is 16.0 Å². The number of carbonyl (C=O) groups is 1. The van der Waals surface area contributed by atoms with Gasteiger partial charge in [0.2, 0.25) is 5.91 Å². The molecule has 0 aromatic rings. The number of methoxy groups -OCH3 is 1. The molecule has 0 aliphatic rings. The van der Waals surface area contributed by atoms with Crippen molar-refractivity contribution in [3.63, 3.8) is 0 Å². The highest BCUT2D eigenvalue weighted by atomic mass is 16.5. The van der Waals surface area contributed by atoms with Crippen molar-refractivity contribution in [3.05, 3.63) is 0 Å². The van der Waals surface area contributed by atoms with Gasteiger partial charge in [-0.25, -0.2) is 0 Å². The number of hydrogen-bond donors (Lipinski definition) is 3. The van der Waals surface area contributed by atoms with E-state index in [9.17, 15) is 4.79 Å². The van der Waals surface area contributed by atoms with Crippen molar-refractivity contribution in [2.24, 2.45) is 10.4 Å². The van der Waals surface area contributed by atoms with Crippen molar-refractivity contribution < 1.29 is 9.53 Å². The number of amides is 1. The first-order valence-corrected chi connectivity index (χ1v) is 6.71. The fourth-order valence-corrected chi connectivity index (χ4v) is 1.45. The third kappa shape index (κ3) is 7.66. The Morgan fingerprint density at radius 3 is 2.53 bits per heavy atom. The number of aliphatic imine (C=N–C) groups is 1. The van der Waals surface area contributed by atoms with Crippen LogP contribution in [-0.2, 0) is 9.53 Å². The summed E-state index contributed by atoms with van der Waals surface area (Å²) < 4.78 is 4.99. The van der Waals surface area contributed by atoms with Crippen LogP contribution in [0, 0.1) is 5.41 Å². The van der Waals surface area contributed by atoms with E-state index in [0.717, 1.165) is 32.1 Å². The highest BCUT2D eigenvalue weighted by Gasteiger charge is 2.26. The Hall–Kier alpha value is -1.30. The molecule has 1 amide bonds. The maximum Gasteiger partial charge on any atom is 0.227 e. The minimum Gasteiger partial charge on any atom is -0.385 e. The van der Waals surface area contributed by atoms with Crippen molar-refractivity contribution in [1.29, 1.82) is 0 Å². The van der Waals surface area contributed by atoms with E-state index in [0.29, 0.717) is 6.54 Å². The third-order valence-corrected chi connectivity index (χ3v) is 2.64. The van der Waals surface area contributed by atoms with Gasteiger partial charge in [-0.15, -0.1) is 0 Å². The molecule has 0 fully saturated rings. The molecule has 0 heterocycles. The Bertz CT molecular complexity index is 290. The number of carbonyl (C=O) groups excluding carboxylic acids is 1. The van der Waals surface area contributed by atoms with Gasteiger partial charge in [0.05, 0.1) is 12.0 Å². The summed E-state index contributed by atoms with van der Waals surface area (Å²) in [5.74, 6) is 0.724. The van der Waals surface area contributed by atoms with E-state index in [1.807, 2.05) is 20.8 Å². The summed E-state index contributed by atoms with van der Waals surface area (Å²) in [6.45, 7) is 8.50. The third-order valence-electron chi connectivity index (χ3n) is 2.64. The zero-order valence-corrected chi connectivity index (χ0v) is 12.8. The minimum absolute atomic E-state index is 0.00789. The molecule has 0 aliphatic heterocycles. The van der Waals surface area contributed by atoms with Crippen molar-refractivity contribution in [2.75, 3.05) is 40.4 Å². The standard InChI is InChI=1S/C13H28N4O2/c1-6-15-12(16-8-7-9-19-5)17-10-13(2,3)11(18)14-4/h6-10H2,1-5H3,(H,14,18)(H2,15,16,17). The number of ether oxygens (including phenoxy) is 1. The van der Waals surface area contributed by atoms with Crippen LogP contribution in [0.2, 0.25) is 0 Å². The Balaban J connectivity index is 4.35. The average molecular weight is 272 g/mol. The maximum absolute atomic E-state index is 11.7. The summed E-state index contributed by atoms with van der Waals surface area (Å²) in [6.07, 6.45) is 0.916. The molecular formula is C13H28N4O2. The van der Waals surface area contributed by atoms with Gasteiger partial charge in [-0.05, 0) is 27.2 Å². The van der Waals surface area contributed by atoms with Gasteiger partial charge in [0.25, 0.3) is 0 Å². The van der Waals surface area contributed by atoms with E-state index in [1.165, 1.54) is 0 Å². The van der Waals surface area contributed by atoms with Gasteiger partial charge in [0.1, 0.15) is 0 Å². The zero-order valence-electron chi connectivity index (χ0n) is 12.8. The summed E-state index contributed by atoms with van der Waals surface area (Å²) >= 11 is 0. The average Bonchev–Trinajstić information content (AvgIpc) is 2.39. The topological polar surface area (TPSA) is 74.8 Å². The van der Waals surface area contributed by atoms with Gasteiger partial charge in [0.15, 0.2) is 5.96 Å². The van der Waals surface area contributed by atoms with Gasteiger partial charge >= 0.3 is 0 Å². The number of rotatable bonds is 8. The number of guanidine groups is 1. The Morgan fingerprint density at radius 2 is 2.00 bits per heavy atom. The molecule has 0 atom stereocenters. The highest BCUT2D eigenvalue weighted by Crippen LogP contribution is 2.14. The predicted molar refractivity (Wildman–Crippen MR) is 78.3 cm³/mol. The minimum atomic E-state index is -0.510. The van der Waals surface area contributed by atoms with Crippen molar-refractivity contribution in [2.45, 2.75) is 27.2 Å². The SMILES string of the molecule is CCNC(=NCC(C)(C)C(=O)NC)NCCCOC. The quantitative estimate of drug-likeness (QED) is 0.339. The fraction of sp³-hybridized carbons (Fsp3) is 0.846. The second-order valence-corrected chi connectivity index (χ2v) is 4.93. The Kier molecular flexibility index (Phi) is 8.95. The predicted octanol–water partition coefficient (Wildman–Crippen LogP) is 0.350. The molecule has 0 saturated carbocycles. The summed E-state index contributed by atoms with van der Waals surface area (Å²) in [4.78, 5) is 16.1. The highest BCUT2D eigenvalue weighted by molar-refractivity contribution is 5.83. The van der Waals surface area contributed by atoms with Crippen LogP contribution in [0.25, 0.3) is 0 Å². The van der Waals surface area contributed by atoms with E-state index in [2.05, 4.69) is 20.9 Å². The molecule has 0 aromatic carbocycles. The molecule has 0 aliphatic carbocycles. The van der Waals surface area contributed by atoms with Crippen molar-refractivity contribution in [3.8, 4) is 0 Å². The van der Waals surface area contributed by atoms with Crippen LogP contribution in [0.5, 0.6) is 0 Å². The van der Waals surface area contributed by atoms with E-state index in [-0.39, 0.29) is 5.91 Å². The lowest BCUT2D eigenvalue weighted by Crippen LogP contribution is -2.41. The number of hydrogen-bond acceptors (Lipinski definition) is 3. The molecule has 0 saturated heterocycles. The van der Waals surface area contributed by atoms with Crippen LogP contribution in [0.4, 0.5) is 0 Å². The van der Waals surface area contributed by atoms with Crippen LogP contribution in [0.1, 0.15) is 27.2 Å². The lowest BCUT2D eigenvalue weighted by molar-refractivity contribution is -0.128. The summed E-state index contributed by atoms with van der Waals surface area (Å²) in [6, 6.07) is 0. The van der Waals surface area contributed by atoms with Gasteiger partial charge in [0, 0.05) is 33.9 Å². The normalized spacial score (nSPS) is 12.2. The van der Waals surface area contributed by atoms with Gasteiger partial charge in [-0.3, -0.25) is 9.79 Å². The molecule has 6 nitrogen and oxygen atoms in total. The van der Waals surface area contributed by atoms with E-state index in [1.54, 1.807) is 14.2 Å². The van der Waals surface area contributed by atoms with E-state index < -0.39 is 5.41 Å². The molecule has 0 bridgehead atoms. The van der Waals surface area contributed by atoms with Gasteiger partial charge in [-0.1, -0.05) is 0 Å². The Morgan fingerprint density at radius 1 is 1.32 bits per heavy atom. The monoisotopic (exact) mass is 272 g/mol. The molecule has 0 spiro atoms. The van der Waals surface area contributed by atoms with Crippen molar-refractivity contribution in [1.82, 2.24) is 16.0 Å². The number of nitrogens with one attached hydrogen (secondary N) is 3. The lowest BCUT2D eigenvalue weighted by atomic mass is 9.93. The summed E-state index contributed by atoms with van der Waals surface area (Å²) in [5, 5.41) is 9.02. The molecule has 112 valence electrons. The molecule has 0 rings (SSSR count). The Labute approximate surface area is 116 Å². The first-order chi connectivity index (χ1) is 8.97. The number of nitrogens with zero attached hydrogens (tertiary/aromatic N) is 1. The smallest absolute Gasteiger partial charge is 0.227 e. The molecule has 0 radical (unpaired) electrons. The van der Waals surface area contributed by atoms with Crippen LogP contribution in [0.3, 0.4) is 0 Å². The van der Waals surface area contributed by atoms with E-state index in [4.69, 9.17) is 4.74 Å². The fourth-order valence-electron chi connectivity index (χ4n) is 1.45. The molecule has 19 heavy (non-hydrogen) atoms. The zero-order chi connectivity index (χ0) is 14.7. The molecule has 3 N–H and O–H groups in total. The van der Waals surface area contributed by atoms with E-state index >= 15 is 0 Å². The van der Waals surface area contributed by atoms with Crippen molar-refractivity contribution >= 4 is 11.9 Å². The summed E-state index contributed by atoms with van der Waals surface area (Å²) in [7, 11) is 3.33. The maximum atomic E-state index is 11.7.